The van der Waals surface area contributed by atoms with Gasteiger partial charge in [0.05, 0.1) is 12.5 Å². The van der Waals surface area contributed by atoms with Crippen molar-refractivity contribution in [1.82, 2.24) is 10.6 Å². The Kier molecular flexibility index (Phi) is 5.90. The molecule has 0 aliphatic rings. The average Bonchev–Trinajstić information content (AvgIpc) is 2.05. The van der Waals surface area contributed by atoms with E-state index in [9.17, 15) is 4.79 Å². The Hall–Kier alpha value is -1.08. The minimum atomic E-state index is -0.0585. The van der Waals surface area contributed by atoms with Crippen molar-refractivity contribution in [2.24, 2.45) is 5.92 Å². The molecule has 0 saturated carbocycles. The Bertz CT molecular complexity index is 198. The first-order valence-electron chi connectivity index (χ1n) is 4.43. The molecule has 4 heteroatoms. The van der Waals surface area contributed by atoms with E-state index in [0.29, 0.717) is 13.0 Å². The lowest BCUT2D eigenvalue weighted by Gasteiger charge is -2.14. The van der Waals surface area contributed by atoms with Crippen molar-refractivity contribution in [2.75, 3.05) is 13.6 Å². The smallest absolute Gasteiger partial charge is 0.224 e. The van der Waals surface area contributed by atoms with Gasteiger partial charge in [-0.1, -0.05) is 6.92 Å². The van der Waals surface area contributed by atoms with Crippen molar-refractivity contribution in [1.29, 1.82) is 5.26 Å². The number of amides is 1. The Morgan fingerprint density at radius 1 is 1.54 bits per heavy atom. The quantitative estimate of drug-likeness (QED) is 0.642. The molecule has 0 aliphatic heterocycles. The molecule has 13 heavy (non-hydrogen) atoms. The van der Waals surface area contributed by atoms with Crippen LogP contribution in [0.15, 0.2) is 0 Å². The Balaban J connectivity index is 3.79. The van der Waals surface area contributed by atoms with Gasteiger partial charge in [-0.25, -0.2) is 0 Å². The highest BCUT2D eigenvalue weighted by Crippen LogP contribution is 1.95. The number of hydrogen-bond acceptors (Lipinski definition) is 3. The van der Waals surface area contributed by atoms with Crippen LogP contribution in [0.4, 0.5) is 0 Å². The van der Waals surface area contributed by atoms with E-state index in [1.54, 1.807) is 0 Å². The first-order chi connectivity index (χ1) is 6.11. The van der Waals surface area contributed by atoms with Gasteiger partial charge in [0.15, 0.2) is 0 Å². The summed E-state index contributed by atoms with van der Waals surface area (Å²) in [6.45, 7) is 4.34. The van der Waals surface area contributed by atoms with Gasteiger partial charge in [0.25, 0.3) is 0 Å². The normalized spacial score (nSPS) is 14.3. The number of rotatable bonds is 5. The highest BCUT2D eigenvalue weighted by atomic mass is 16.1. The van der Waals surface area contributed by atoms with Crippen LogP contribution in [-0.4, -0.2) is 25.5 Å². The third-order valence-corrected chi connectivity index (χ3v) is 1.74. The van der Waals surface area contributed by atoms with Gasteiger partial charge in [-0.05, 0) is 14.0 Å². The SMILES string of the molecule is CNCC(C)C(=O)NC(C)CC#N. The number of carbonyl (C=O) groups is 1. The maximum absolute atomic E-state index is 11.4. The van der Waals surface area contributed by atoms with Crippen molar-refractivity contribution >= 4 is 5.91 Å². The van der Waals surface area contributed by atoms with Gasteiger partial charge in [0, 0.05) is 18.5 Å². The lowest BCUT2D eigenvalue weighted by Crippen LogP contribution is -2.39. The molecule has 2 unspecified atom stereocenters. The highest BCUT2D eigenvalue weighted by molar-refractivity contribution is 5.78. The predicted octanol–water partition coefficient (Wildman–Crippen LogP) is 0.260. The van der Waals surface area contributed by atoms with E-state index in [-0.39, 0.29) is 17.9 Å². The molecule has 0 spiro atoms. The molecule has 0 saturated heterocycles. The minimum Gasteiger partial charge on any atom is -0.352 e. The molecule has 2 N–H and O–H groups in total. The molecule has 0 aromatic heterocycles. The Labute approximate surface area is 79.3 Å². The Morgan fingerprint density at radius 3 is 2.62 bits per heavy atom. The zero-order valence-corrected chi connectivity index (χ0v) is 8.42. The average molecular weight is 183 g/mol. The van der Waals surface area contributed by atoms with Crippen LogP contribution >= 0.6 is 0 Å². The molecule has 1 amide bonds. The van der Waals surface area contributed by atoms with Crippen LogP contribution in [0.5, 0.6) is 0 Å². The molecule has 4 nitrogen and oxygen atoms in total. The predicted molar refractivity (Wildman–Crippen MR) is 50.9 cm³/mol. The van der Waals surface area contributed by atoms with Crippen LogP contribution in [0.3, 0.4) is 0 Å². The van der Waals surface area contributed by atoms with E-state index in [1.165, 1.54) is 0 Å². The summed E-state index contributed by atoms with van der Waals surface area (Å²) in [7, 11) is 1.81. The van der Waals surface area contributed by atoms with Crippen LogP contribution in [0, 0.1) is 17.2 Å². The van der Waals surface area contributed by atoms with Crippen LogP contribution in [0.25, 0.3) is 0 Å². The van der Waals surface area contributed by atoms with Crippen LogP contribution < -0.4 is 10.6 Å². The molecule has 0 bridgehead atoms. The van der Waals surface area contributed by atoms with E-state index in [0.717, 1.165) is 0 Å². The summed E-state index contributed by atoms with van der Waals surface area (Å²) in [5, 5.41) is 14.1. The van der Waals surface area contributed by atoms with Gasteiger partial charge in [-0.3, -0.25) is 4.79 Å². The zero-order valence-electron chi connectivity index (χ0n) is 8.42. The lowest BCUT2D eigenvalue weighted by molar-refractivity contribution is -0.124. The maximum atomic E-state index is 11.4. The van der Waals surface area contributed by atoms with Crippen LogP contribution in [0.1, 0.15) is 20.3 Å². The largest absolute Gasteiger partial charge is 0.352 e. The molecule has 0 fully saturated rings. The van der Waals surface area contributed by atoms with Gasteiger partial charge >= 0.3 is 0 Å². The molecule has 0 heterocycles. The second-order valence-electron chi connectivity index (χ2n) is 3.23. The maximum Gasteiger partial charge on any atom is 0.224 e. The monoisotopic (exact) mass is 183 g/mol. The van der Waals surface area contributed by atoms with Gasteiger partial charge in [0.1, 0.15) is 0 Å². The van der Waals surface area contributed by atoms with Crippen molar-refractivity contribution < 1.29 is 4.79 Å². The van der Waals surface area contributed by atoms with E-state index in [2.05, 4.69) is 10.6 Å². The molecule has 2 atom stereocenters. The topological polar surface area (TPSA) is 64.9 Å². The summed E-state index contributed by atoms with van der Waals surface area (Å²) in [4.78, 5) is 11.4. The van der Waals surface area contributed by atoms with E-state index in [4.69, 9.17) is 5.26 Å². The number of nitriles is 1. The fourth-order valence-corrected chi connectivity index (χ4v) is 0.972. The number of nitrogens with one attached hydrogen (secondary N) is 2. The summed E-state index contributed by atoms with van der Waals surface area (Å²) in [6.07, 6.45) is 0.359. The van der Waals surface area contributed by atoms with Crippen LogP contribution in [-0.2, 0) is 4.79 Å². The van der Waals surface area contributed by atoms with Crippen molar-refractivity contribution in [3.8, 4) is 6.07 Å². The van der Waals surface area contributed by atoms with E-state index in [1.807, 2.05) is 27.0 Å². The highest BCUT2D eigenvalue weighted by Gasteiger charge is 2.13. The van der Waals surface area contributed by atoms with E-state index >= 15 is 0 Å². The number of hydrogen-bond donors (Lipinski definition) is 2. The minimum absolute atomic E-state index is 0.00269. The van der Waals surface area contributed by atoms with Crippen LogP contribution in [0.2, 0.25) is 0 Å². The Morgan fingerprint density at radius 2 is 2.15 bits per heavy atom. The van der Waals surface area contributed by atoms with Gasteiger partial charge in [-0.2, -0.15) is 5.26 Å². The molecule has 74 valence electrons. The molecule has 0 radical (unpaired) electrons. The number of nitrogens with zero attached hydrogens (tertiary/aromatic N) is 1. The summed E-state index contributed by atoms with van der Waals surface area (Å²) < 4.78 is 0. The van der Waals surface area contributed by atoms with Crippen molar-refractivity contribution in [3.63, 3.8) is 0 Å². The van der Waals surface area contributed by atoms with Crippen molar-refractivity contribution in [3.05, 3.63) is 0 Å². The standard InChI is InChI=1S/C9H17N3O/c1-7(6-11-3)9(13)12-8(2)4-5-10/h7-8,11H,4,6H2,1-3H3,(H,12,13). The van der Waals surface area contributed by atoms with Gasteiger partial charge in [-0.15, -0.1) is 0 Å². The molecular formula is C9H17N3O. The fraction of sp³-hybridized carbons (Fsp3) is 0.778. The molecule has 0 rings (SSSR count). The summed E-state index contributed by atoms with van der Waals surface area (Å²) in [6, 6.07) is 1.95. The first kappa shape index (κ1) is 11.9. The summed E-state index contributed by atoms with van der Waals surface area (Å²) in [5.41, 5.74) is 0. The second-order valence-corrected chi connectivity index (χ2v) is 3.23. The number of carbonyl (C=O) groups excluding carboxylic acids is 1. The third-order valence-electron chi connectivity index (χ3n) is 1.74. The molecular weight excluding hydrogens is 166 g/mol. The fourth-order valence-electron chi connectivity index (χ4n) is 0.972. The zero-order chi connectivity index (χ0) is 10.3. The van der Waals surface area contributed by atoms with Crippen molar-refractivity contribution in [2.45, 2.75) is 26.3 Å². The van der Waals surface area contributed by atoms with E-state index < -0.39 is 0 Å². The molecule has 0 aromatic rings. The lowest BCUT2D eigenvalue weighted by atomic mass is 10.1. The van der Waals surface area contributed by atoms with Gasteiger partial charge in [0.2, 0.25) is 5.91 Å². The molecule has 0 aliphatic carbocycles. The third kappa shape index (κ3) is 5.21. The first-order valence-corrected chi connectivity index (χ1v) is 4.43. The summed E-state index contributed by atoms with van der Waals surface area (Å²) in [5.74, 6) is -0.0526. The van der Waals surface area contributed by atoms with Gasteiger partial charge < -0.3 is 10.6 Å². The molecule has 0 aromatic carbocycles. The second kappa shape index (κ2) is 6.44. The summed E-state index contributed by atoms with van der Waals surface area (Å²) >= 11 is 0.